The Hall–Kier alpha value is -0.570. The molecule has 2 aliphatic carbocycles. The summed E-state index contributed by atoms with van der Waals surface area (Å²) >= 11 is 0. The maximum absolute atomic E-state index is 12.8. The molecule has 3 unspecified atom stereocenters. The molecule has 3 fully saturated rings. The first-order valence-corrected chi connectivity index (χ1v) is 9.10. The molecule has 1 aliphatic heterocycles. The van der Waals surface area contributed by atoms with Crippen molar-refractivity contribution in [2.45, 2.75) is 64.7 Å². The second kappa shape index (κ2) is 6.28. The summed E-state index contributed by atoms with van der Waals surface area (Å²) in [5.41, 5.74) is 6.13. The first kappa shape index (κ1) is 15.3. The molecule has 3 heteroatoms. The maximum atomic E-state index is 12.8. The fourth-order valence-electron chi connectivity index (χ4n) is 4.83. The van der Waals surface area contributed by atoms with Crippen molar-refractivity contribution < 1.29 is 4.79 Å². The van der Waals surface area contributed by atoms with Crippen LogP contribution in [0.1, 0.15) is 64.7 Å². The summed E-state index contributed by atoms with van der Waals surface area (Å²) in [6.45, 7) is 4.87. The largest absolute Gasteiger partial charge is 0.342 e. The highest BCUT2D eigenvalue weighted by Crippen LogP contribution is 2.43. The molecule has 3 atom stereocenters. The Balaban J connectivity index is 1.54. The predicted octanol–water partition coefficient (Wildman–Crippen LogP) is 3.18. The van der Waals surface area contributed by atoms with Gasteiger partial charge in [0.05, 0.1) is 0 Å². The number of nitrogens with two attached hydrogens (primary N) is 1. The lowest BCUT2D eigenvalue weighted by atomic mass is 9.67. The highest BCUT2D eigenvalue weighted by Gasteiger charge is 2.38. The number of piperidine rings is 1. The molecule has 0 aromatic heterocycles. The number of likely N-dealkylation sites (tertiary alicyclic amines) is 1. The van der Waals surface area contributed by atoms with Crippen molar-refractivity contribution in [3.05, 3.63) is 0 Å². The fraction of sp³-hybridized carbons (Fsp3) is 0.944. The van der Waals surface area contributed by atoms with Crippen LogP contribution in [0.3, 0.4) is 0 Å². The molecule has 0 aromatic carbocycles. The maximum Gasteiger partial charge on any atom is 0.225 e. The van der Waals surface area contributed by atoms with Gasteiger partial charge < -0.3 is 10.6 Å². The highest BCUT2D eigenvalue weighted by atomic mass is 16.2. The van der Waals surface area contributed by atoms with Gasteiger partial charge in [0.25, 0.3) is 0 Å². The molecule has 0 bridgehead atoms. The van der Waals surface area contributed by atoms with Gasteiger partial charge >= 0.3 is 0 Å². The lowest BCUT2D eigenvalue weighted by Gasteiger charge is -2.43. The summed E-state index contributed by atoms with van der Waals surface area (Å²) in [7, 11) is 0. The van der Waals surface area contributed by atoms with E-state index in [-0.39, 0.29) is 5.41 Å². The third kappa shape index (κ3) is 3.28. The van der Waals surface area contributed by atoms with E-state index >= 15 is 0 Å². The van der Waals surface area contributed by atoms with Crippen molar-refractivity contribution in [2.24, 2.45) is 28.9 Å². The van der Waals surface area contributed by atoms with Crippen LogP contribution in [0, 0.1) is 23.2 Å². The molecule has 1 saturated heterocycles. The highest BCUT2D eigenvalue weighted by molar-refractivity contribution is 5.79. The second-order valence-corrected chi connectivity index (χ2v) is 8.15. The van der Waals surface area contributed by atoms with E-state index in [2.05, 4.69) is 11.8 Å². The van der Waals surface area contributed by atoms with E-state index in [1.165, 1.54) is 38.5 Å². The van der Waals surface area contributed by atoms with E-state index < -0.39 is 0 Å². The Labute approximate surface area is 129 Å². The number of fused-ring (bicyclic) bond motifs is 1. The minimum absolute atomic E-state index is 0.262. The third-order valence-electron chi connectivity index (χ3n) is 6.66. The van der Waals surface area contributed by atoms with E-state index in [1.807, 2.05) is 0 Å². The summed E-state index contributed by atoms with van der Waals surface area (Å²) in [5.74, 6) is 2.56. The van der Waals surface area contributed by atoms with Crippen LogP contribution in [-0.2, 0) is 4.79 Å². The summed E-state index contributed by atoms with van der Waals surface area (Å²) in [6, 6.07) is 0. The first-order valence-electron chi connectivity index (χ1n) is 9.10. The van der Waals surface area contributed by atoms with E-state index in [1.54, 1.807) is 0 Å². The van der Waals surface area contributed by atoms with Gasteiger partial charge in [-0.2, -0.15) is 0 Å². The lowest BCUT2D eigenvalue weighted by Crippen LogP contribution is -2.47. The molecular weight excluding hydrogens is 260 g/mol. The summed E-state index contributed by atoms with van der Waals surface area (Å²) < 4.78 is 0. The summed E-state index contributed by atoms with van der Waals surface area (Å²) in [4.78, 5) is 15.0. The zero-order valence-electron chi connectivity index (χ0n) is 13.7. The molecule has 1 amide bonds. The number of rotatable bonds is 2. The average molecular weight is 292 g/mol. The molecule has 2 saturated carbocycles. The van der Waals surface area contributed by atoms with Crippen molar-refractivity contribution in [1.29, 1.82) is 0 Å². The minimum atomic E-state index is 0.262. The van der Waals surface area contributed by atoms with Crippen molar-refractivity contribution in [2.75, 3.05) is 19.6 Å². The van der Waals surface area contributed by atoms with Crippen molar-refractivity contribution in [3.8, 4) is 0 Å². The predicted molar refractivity (Wildman–Crippen MR) is 85.8 cm³/mol. The zero-order valence-corrected chi connectivity index (χ0v) is 13.7. The van der Waals surface area contributed by atoms with Crippen LogP contribution < -0.4 is 5.73 Å². The molecule has 0 spiro atoms. The van der Waals surface area contributed by atoms with Gasteiger partial charge in [0, 0.05) is 19.0 Å². The first-order chi connectivity index (χ1) is 10.1. The van der Waals surface area contributed by atoms with Gasteiger partial charge in [-0.1, -0.05) is 32.6 Å². The van der Waals surface area contributed by atoms with Crippen LogP contribution >= 0.6 is 0 Å². The van der Waals surface area contributed by atoms with Crippen LogP contribution in [0.5, 0.6) is 0 Å². The van der Waals surface area contributed by atoms with Gasteiger partial charge in [-0.05, 0) is 55.9 Å². The van der Waals surface area contributed by atoms with Crippen LogP contribution in [0.25, 0.3) is 0 Å². The topological polar surface area (TPSA) is 46.3 Å². The van der Waals surface area contributed by atoms with E-state index in [0.29, 0.717) is 11.8 Å². The van der Waals surface area contributed by atoms with Gasteiger partial charge in [0.1, 0.15) is 0 Å². The minimum Gasteiger partial charge on any atom is -0.342 e. The summed E-state index contributed by atoms with van der Waals surface area (Å²) in [5, 5.41) is 0. The molecule has 3 aliphatic rings. The Bertz CT molecular complexity index is 373. The fourth-order valence-corrected chi connectivity index (χ4v) is 4.83. The van der Waals surface area contributed by atoms with E-state index in [4.69, 9.17) is 5.73 Å². The molecule has 1 heterocycles. The SMILES string of the molecule is CC1(CN)CCN(C(=O)C2CCC3CCCCC3C2)CC1. The van der Waals surface area contributed by atoms with Crippen molar-refractivity contribution >= 4 is 5.91 Å². The zero-order chi connectivity index (χ0) is 14.9. The normalized spacial score (nSPS) is 36.1. The molecule has 3 rings (SSSR count). The van der Waals surface area contributed by atoms with Crippen LogP contribution in [-0.4, -0.2) is 30.4 Å². The average Bonchev–Trinajstić information content (AvgIpc) is 2.54. The number of carbonyl (C=O) groups excluding carboxylic acids is 1. The van der Waals surface area contributed by atoms with Gasteiger partial charge in [0.2, 0.25) is 5.91 Å². The van der Waals surface area contributed by atoms with Gasteiger partial charge in [0.15, 0.2) is 0 Å². The third-order valence-corrected chi connectivity index (χ3v) is 6.66. The number of hydrogen-bond donors (Lipinski definition) is 1. The molecular formula is C18H32N2O. The monoisotopic (exact) mass is 292 g/mol. The summed E-state index contributed by atoms with van der Waals surface area (Å²) in [6.07, 6.45) is 11.4. The molecule has 0 aromatic rings. The standard InChI is InChI=1S/C18H32N2O/c1-18(13-19)8-10-20(11-9-18)17(21)16-7-6-14-4-2-3-5-15(14)12-16/h14-16H,2-13,19H2,1H3. The van der Waals surface area contributed by atoms with Crippen LogP contribution in [0.2, 0.25) is 0 Å². The Morgan fingerprint density at radius 3 is 2.43 bits per heavy atom. The van der Waals surface area contributed by atoms with E-state index in [0.717, 1.165) is 50.7 Å². The van der Waals surface area contributed by atoms with Crippen LogP contribution in [0.4, 0.5) is 0 Å². The lowest BCUT2D eigenvalue weighted by molar-refractivity contribution is -0.140. The number of amides is 1. The molecule has 3 nitrogen and oxygen atoms in total. The van der Waals surface area contributed by atoms with Gasteiger partial charge in [-0.15, -0.1) is 0 Å². The second-order valence-electron chi connectivity index (χ2n) is 8.15. The quantitative estimate of drug-likeness (QED) is 0.849. The van der Waals surface area contributed by atoms with Crippen molar-refractivity contribution in [3.63, 3.8) is 0 Å². The molecule has 120 valence electrons. The number of carbonyl (C=O) groups is 1. The van der Waals surface area contributed by atoms with Gasteiger partial charge in [-0.3, -0.25) is 4.79 Å². The molecule has 2 N–H and O–H groups in total. The Morgan fingerprint density at radius 1 is 1.10 bits per heavy atom. The van der Waals surface area contributed by atoms with Gasteiger partial charge in [-0.25, -0.2) is 0 Å². The van der Waals surface area contributed by atoms with Crippen molar-refractivity contribution in [1.82, 2.24) is 4.90 Å². The molecule has 21 heavy (non-hydrogen) atoms. The number of hydrogen-bond acceptors (Lipinski definition) is 2. The number of nitrogens with zero attached hydrogens (tertiary/aromatic N) is 1. The Kier molecular flexibility index (Phi) is 4.58. The van der Waals surface area contributed by atoms with E-state index in [9.17, 15) is 4.79 Å². The Morgan fingerprint density at radius 2 is 1.76 bits per heavy atom. The molecule has 0 radical (unpaired) electrons. The smallest absolute Gasteiger partial charge is 0.225 e. The van der Waals surface area contributed by atoms with Crippen LogP contribution in [0.15, 0.2) is 0 Å².